The Morgan fingerprint density at radius 1 is 1.00 bits per heavy atom. The number of imide groups is 2. The molecule has 0 spiro atoms. The Morgan fingerprint density at radius 2 is 1.62 bits per heavy atom. The quantitative estimate of drug-likeness (QED) is 0.549. The maximum absolute atomic E-state index is 12.3. The standard InChI is InChI=1S/C20H23N3O6/c24-16(22-20(28)21-13-6-2-1-3-7-13)12-29-17(25)10-11-23-18(26)14-8-4-5-9-15(14)19(23)27/h1-3,6-7,14-15H,4-5,8-12H2,(H2,21,22,24,28)/t14-,15-/m1/s1. The lowest BCUT2D eigenvalue weighted by Crippen LogP contribution is -2.37. The lowest BCUT2D eigenvalue weighted by Gasteiger charge is -2.19. The molecule has 1 heterocycles. The number of amides is 5. The number of nitrogens with zero attached hydrogens (tertiary/aromatic N) is 1. The molecule has 2 aliphatic rings. The SMILES string of the molecule is O=C(COC(=O)CCN1C(=O)[C@@H]2CCCC[C@H]2C1=O)NC(=O)Nc1ccccc1. The van der Waals surface area contributed by atoms with Gasteiger partial charge in [-0.1, -0.05) is 31.0 Å². The number of carbonyl (C=O) groups is 5. The molecular formula is C20H23N3O6. The Kier molecular flexibility index (Phi) is 6.58. The van der Waals surface area contributed by atoms with Crippen LogP contribution >= 0.6 is 0 Å². The third kappa shape index (κ3) is 5.18. The van der Waals surface area contributed by atoms with Crippen molar-refractivity contribution in [3.8, 4) is 0 Å². The van der Waals surface area contributed by atoms with E-state index in [0.717, 1.165) is 17.7 Å². The monoisotopic (exact) mass is 401 g/mol. The van der Waals surface area contributed by atoms with Crippen LogP contribution in [0.3, 0.4) is 0 Å². The van der Waals surface area contributed by atoms with Crippen molar-refractivity contribution < 1.29 is 28.7 Å². The summed E-state index contributed by atoms with van der Waals surface area (Å²) in [5.74, 6) is -2.47. The Labute approximate surface area is 167 Å². The van der Waals surface area contributed by atoms with E-state index < -0.39 is 24.5 Å². The van der Waals surface area contributed by atoms with Gasteiger partial charge >= 0.3 is 12.0 Å². The summed E-state index contributed by atoms with van der Waals surface area (Å²) < 4.78 is 4.82. The van der Waals surface area contributed by atoms with Crippen LogP contribution in [0, 0.1) is 11.8 Å². The second-order valence-electron chi connectivity index (χ2n) is 7.10. The molecule has 5 amide bonds. The number of rotatable bonds is 6. The predicted octanol–water partition coefficient (Wildman–Crippen LogP) is 1.44. The van der Waals surface area contributed by atoms with Crippen LogP contribution in [0.5, 0.6) is 0 Å². The molecule has 2 fully saturated rings. The van der Waals surface area contributed by atoms with Crippen LogP contribution in [0.1, 0.15) is 32.1 Å². The Bertz CT molecular complexity index is 786. The number of benzene rings is 1. The minimum Gasteiger partial charge on any atom is -0.456 e. The number of likely N-dealkylation sites (tertiary alicyclic amines) is 1. The molecule has 1 aliphatic carbocycles. The van der Waals surface area contributed by atoms with E-state index in [9.17, 15) is 24.0 Å². The molecule has 0 radical (unpaired) electrons. The number of hydrogen-bond acceptors (Lipinski definition) is 6. The summed E-state index contributed by atoms with van der Waals surface area (Å²) in [5.41, 5.74) is 0.510. The normalized spacial score (nSPS) is 20.8. The molecule has 9 heteroatoms. The average Bonchev–Trinajstić information content (AvgIpc) is 2.96. The molecule has 2 N–H and O–H groups in total. The highest BCUT2D eigenvalue weighted by Gasteiger charge is 2.47. The van der Waals surface area contributed by atoms with Gasteiger partial charge in [-0.05, 0) is 25.0 Å². The fourth-order valence-electron chi connectivity index (χ4n) is 3.72. The van der Waals surface area contributed by atoms with Gasteiger partial charge in [0, 0.05) is 12.2 Å². The number of nitrogens with one attached hydrogen (secondary N) is 2. The molecule has 154 valence electrons. The van der Waals surface area contributed by atoms with Gasteiger partial charge < -0.3 is 10.1 Å². The van der Waals surface area contributed by atoms with E-state index in [1.165, 1.54) is 0 Å². The number of urea groups is 1. The molecule has 1 aromatic rings. The summed E-state index contributed by atoms with van der Waals surface area (Å²) in [6.07, 6.45) is 3.09. The fraction of sp³-hybridized carbons (Fsp3) is 0.450. The molecule has 3 rings (SSSR count). The van der Waals surface area contributed by atoms with Crippen molar-refractivity contribution in [3.05, 3.63) is 30.3 Å². The number of anilines is 1. The van der Waals surface area contributed by atoms with Crippen LogP contribution < -0.4 is 10.6 Å². The van der Waals surface area contributed by atoms with E-state index in [2.05, 4.69) is 5.32 Å². The maximum Gasteiger partial charge on any atom is 0.325 e. The van der Waals surface area contributed by atoms with Gasteiger partial charge in [-0.15, -0.1) is 0 Å². The van der Waals surface area contributed by atoms with Crippen LogP contribution in [-0.4, -0.2) is 47.8 Å². The summed E-state index contributed by atoms with van der Waals surface area (Å²) in [7, 11) is 0. The second kappa shape index (κ2) is 9.31. The zero-order chi connectivity index (χ0) is 20.8. The maximum atomic E-state index is 12.3. The van der Waals surface area contributed by atoms with Gasteiger partial charge in [-0.3, -0.25) is 29.4 Å². The average molecular weight is 401 g/mol. The highest BCUT2D eigenvalue weighted by atomic mass is 16.5. The lowest BCUT2D eigenvalue weighted by atomic mass is 9.81. The highest BCUT2D eigenvalue weighted by molar-refractivity contribution is 6.05. The molecule has 1 saturated carbocycles. The van der Waals surface area contributed by atoms with Gasteiger partial charge in [-0.2, -0.15) is 0 Å². The first-order valence-corrected chi connectivity index (χ1v) is 9.62. The number of esters is 1. The minimum absolute atomic E-state index is 0.0559. The molecule has 0 aromatic heterocycles. The first-order chi connectivity index (χ1) is 14.0. The minimum atomic E-state index is -0.786. The number of fused-ring (bicyclic) bond motifs is 1. The Hall–Kier alpha value is -3.23. The molecule has 29 heavy (non-hydrogen) atoms. The van der Waals surface area contributed by atoms with Crippen molar-refractivity contribution in [2.24, 2.45) is 11.8 Å². The molecule has 9 nitrogen and oxygen atoms in total. The van der Waals surface area contributed by atoms with Gasteiger partial charge in [0.1, 0.15) is 0 Å². The summed E-state index contributed by atoms with van der Waals surface area (Å²) in [5, 5.41) is 4.51. The van der Waals surface area contributed by atoms with Gasteiger partial charge in [0.05, 0.1) is 18.3 Å². The van der Waals surface area contributed by atoms with E-state index >= 15 is 0 Å². The third-order valence-corrected chi connectivity index (χ3v) is 5.12. The van der Waals surface area contributed by atoms with Crippen molar-refractivity contribution in [1.82, 2.24) is 10.2 Å². The topological polar surface area (TPSA) is 122 Å². The molecule has 2 atom stereocenters. The first kappa shape index (κ1) is 20.5. The largest absolute Gasteiger partial charge is 0.456 e. The van der Waals surface area contributed by atoms with Crippen LogP contribution in [-0.2, 0) is 23.9 Å². The smallest absolute Gasteiger partial charge is 0.325 e. The lowest BCUT2D eigenvalue weighted by molar-refractivity contribution is -0.149. The van der Waals surface area contributed by atoms with Crippen LogP contribution in [0.4, 0.5) is 10.5 Å². The summed E-state index contributed by atoms with van der Waals surface area (Å²) in [4.78, 5) is 61.1. The number of hydrogen-bond donors (Lipinski definition) is 2. The van der Waals surface area contributed by atoms with Crippen molar-refractivity contribution in [2.75, 3.05) is 18.5 Å². The van der Waals surface area contributed by atoms with Crippen LogP contribution in [0.15, 0.2) is 30.3 Å². The van der Waals surface area contributed by atoms with E-state index in [1.54, 1.807) is 30.3 Å². The molecule has 0 bridgehead atoms. The number of para-hydroxylation sites is 1. The van der Waals surface area contributed by atoms with Gasteiger partial charge in [0.15, 0.2) is 6.61 Å². The Balaban J connectivity index is 1.37. The number of carbonyl (C=O) groups excluding carboxylic acids is 5. The van der Waals surface area contributed by atoms with E-state index in [4.69, 9.17) is 4.74 Å². The number of ether oxygens (including phenoxy) is 1. The fourth-order valence-corrected chi connectivity index (χ4v) is 3.72. The van der Waals surface area contributed by atoms with Crippen molar-refractivity contribution in [1.29, 1.82) is 0 Å². The third-order valence-electron chi connectivity index (χ3n) is 5.12. The van der Waals surface area contributed by atoms with Crippen LogP contribution in [0.2, 0.25) is 0 Å². The Morgan fingerprint density at radius 3 is 2.24 bits per heavy atom. The zero-order valence-corrected chi connectivity index (χ0v) is 15.9. The first-order valence-electron chi connectivity index (χ1n) is 9.62. The zero-order valence-electron chi connectivity index (χ0n) is 15.9. The molecule has 1 aromatic carbocycles. The predicted molar refractivity (Wildman–Crippen MR) is 101 cm³/mol. The van der Waals surface area contributed by atoms with Gasteiger partial charge in [0.2, 0.25) is 11.8 Å². The van der Waals surface area contributed by atoms with E-state index in [0.29, 0.717) is 18.5 Å². The highest BCUT2D eigenvalue weighted by Crippen LogP contribution is 2.37. The van der Waals surface area contributed by atoms with Crippen molar-refractivity contribution in [3.63, 3.8) is 0 Å². The second-order valence-corrected chi connectivity index (χ2v) is 7.10. The molecule has 1 saturated heterocycles. The summed E-state index contributed by atoms with van der Waals surface area (Å²) in [6.45, 7) is -0.687. The van der Waals surface area contributed by atoms with Crippen molar-refractivity contribution in [2.45, 2.75) is 32.1 Å². The van der Waals surface area contributed by atoms with Crippen LogP contribution in [0.25, 0.3) is 0 Å². The van der Waals surface area contributed by atoms with E-state index in [-0.39, 0.29) is 36.6 Å². The van der Waals surface area contributed by atoms with Gasteiger partial charge in [-0.25, -0.2) is 4.79 Å². The molecule has 0 unspecified atom stereocenters. The molecule has 1 aliphatic heterocycles. The van der Waals surface area contributed by atoms with E-state index in [1.807, 2.05) is 5.32 Å². The van der Waals surface area contributed by atoms with Gasteiger partial charge in [0.25, 0.3) is 5.91 Å². The van der Waals surface area contributed by atoms with Crippen molar-refractivity contribution >= 4 is 35.4 Å². The summed E-state index contributed by atoms with van der Waals surface area (Å²) >= 11 is 0. The molecular weight excluding hydrogens is 378 g/mol. The summed E-state index contributed by atoms with van der Waals surface area (Å²) in [6, 6.07) is 7.80.